The van der Waals surface area contributed by atoms with Gasteiger partial charge >= 0.3 is 0 Å². The first-order valence-electron chi connectivity index (χ1n) is 6.26. The molecule has 0 aromatic carbocycles. The highest BCUT2D eigenvalue weighted by atomic mass is 32.1. The number of rotatable bonds is 4. The van der Waals surface area contributed by atoms with Gasteiger partial charge < -0.3 is 4.74 Å². The number of thiazole rings is 1. The van der Waals surface area contributed by atoms with Crippen LogP contribution in [0.3, 0.4) is 0 Å². The summed E-state index contributed by atoms with van der Waals surface area (Å²) in [5, 5.41) is 2.04. The van der Waals surface area contributed by atoms with E-state index in [0.717, 1.165) is 30.1 Å². The summed E-state index contributed by atoms with van der Waals surface area (Å²) in [7, 11) is 0. The SMILES string of the molecule is CC1OCCC1C(Cc1cn2ccsc2n1)NN. The van der Waals surface area contributed by atoms with E-state index in [2.05, 4.69) is 27.9 Å². The first kappa shape index (κ1) is 12.1. The molecule has 1 aliphatic heterocycles. The highest BCUT2D eigenvalue weighted by molar-refractivity contribution is 7.15. The molecule has 2 aromatic heterocycles. The van der Waals surface area contributed by atoms with Crippen LogP contribution in [0.15, 0.2) is 17.8 Å². The maximum absolute atomic E-state index is 5.69. The molecule has 0 amide bonds. The van der Waals surface area contributed by atoms with Crippen LogP contribution in [0.5, 0.6) is 0 Å². The lowest BCUT2D eigenvalue weighted by Crippen LogP contribution is -2.44. The normalized spacial score (nSPS) is 25.9. The number of nitrogens with zero attached hydrogens (tertiary/aromatic N) is 2. The van der Waals surface area contributed by atoms with Crippen molar-refractivity contribution < 1.29 is 4.74 Å². The summed E-state index contributed by atoms with van der Waals surface area (Å²) in [6, 6.07) is 0.229. The molecule has 1 aliphatic rings. The Morgan fingerprint density at radius 1 is 1.72 bits per heavy atom. The molecule has 0 spiro atoms. The summed E-state index contributed by atoms with van der Waals surface area (Å²) in [6.07, 6.45) is 6.30. The summed E-state index contributed by atoms with van der Waals surface area (Å²) >= 11 is 1.65. The molecule has 0 aliphatic carbocycles. The van der Waals surface area contributed by atoms with Gasteiger partial charge in [-0.3, -0.25) is 15.7 Å². The molecule has 3 atom stereocenters. The molecule has 0 bridgehead atoms. The van der Waals surface area contributed by atoms with Gasteiger partial charge in [-0.2, -0.15) is 0 Å². The first-order chi connectivity index (χ1) is 8.78. The molecule has 3 unspecified atom stereocenters. The van der Waals surface area contributed by atoms with Gasteiger partial charge in [-0.25, -0.2) is 4.98 Å². The van der Waals surface area contributed by atoms with Crippen LogP contribution < -0.4 is 11.3 Å². The zero-order valence-corrected chi connectivity index (χ0v) is 11.2. The van der Waals surface area contributed by atoms with Crippen molar-refractivity contribution >= 4 is 16.3 Å². The van der Waals surface area contributed by atoms with E-state index in [-0.39, 0.29) is 12.1 Å². The first-order valence-corrected chi connectivity index (χ1v) is 7.14. The van der Waals surface area contributed by atoms with Crippen LogP contribution in [0, 0.1) is 5.92 Å². The molecule has 6 heteroatoms. The molecule has 0 saturated carbocycles. The van der Waals surface area contributed by atoms with Gasteiger partial charge in [-0.15, -0.1) is 11.3 Å². The van der Waals surface area contributed by atoms with Gasteiger partial charge in [-0.05, 0) is 13.3 Å². The number of hydrogen-bond acceptors (Lipinski definition) is 5. The number of hydrogen-bond donors (Lipinski definition) is 2. The number of aromatic nitrogens is 2. The minimum Gasteiger partial charge on any atom is -0.378 e. The second-order valence-corrected chi connectivity index (χ2v) is 5.70. The van der Waals surface area contributed by atoms with Crippen LogP contribution in [0.2, 0.25) is 0 Å². The van der Waals surface area contributed by atoms with Gasteiger partial charge in [0, 0.05) is 42.8 Å². The van der Waals surface area contributed by atoms with E-state index in [4.69, 9.17) is 10.6 Å². The Labute approximate surface area is 110 Å². The third kappa shape index (κ3) is 2.16. The molecule has 3 rings (SSSR count). The number of imidazole rings is 1. The van der Waals surface area contributed by atoms with Gasteiger partial charge in [0.15, 0.2) is 4.96 Å². The maximum atomic E-state index is 5.69. The average Bonchev–Trinajstić information content (AvgIpc) is 3.01. The van der Waals surface area contributed by atoms with Gasteiger partial charge in [0.25, 0.3) is 0 Å². The third-order valence-corrected chi connectivity index (χ3v) is 4.51. The highest BCUT2D eigenvalue weighted by Gasteiger charge is 2.31. The van der Waals surface area contributed by atoms with Crippen molar-refractivity contribution in [2.24, 2.45) is 11.8 Å². The molecule has 0 radical (unpaired) electrons. The van der Waals surface area contributed by atoms with E-state index in [1.807, 2.05) is 11.6 Å². The summed E-state index contributed by atoms with van der Waals surface area (Å²) < 4.78 is 7.67. The van der Waals surface area contributed by atoms with Gasteiger partial charge in [0.1, 0.15) is 0 Å². The van der Waals surface area contributed by atoms with Crippen molar-refractivity contribution in [2.45, 2.75) is 31.9 Å². The van der Waals surface area contributed by atoms with Gasteiger partial charge in [0.2, 0.25) is 0 Å². The molecule has 3 heterocycles. The molecule has 1 fully saturated rings. The lowest BCUT2D eigenvalue weighted by atomic mass is 9.91. The number of nitrogens with one attached hydrogen (secondary N) is 1. The van der Waals surface area contributed by atoms with E-state index >= 15 is 0 Å². The Morgan fingerprint density at radius 2 is 2.61 bits per heavy atom. The van der Waals surface area contributed by atoms with Crippen molar-refractivity contribution in [3.8, 4) is 0 Å². The summed E-state index contributed by atoms with van der Waals surface area (Å²) in [4.78, 5) is 5.64. The molecule has 1 saturated heterocycles. The molecule has 18 heavy (non-hydrogen) atoms. The lowest BCUT2D eigenvalue weighted by molar-refractivity contribution is 0.0953. The Hall–Kier alpha value is -0.950. The molecule has 2 aromatic rings. The molecule has 3 N–H and O–H groups in total. The predicted molar refractivity (Wildman–Crippen MR) is 71.4 cm³/mol. The zero-order valence-electron chi connectivity index (χ0n) is 10.4. The van der Waals surface area contributed by atoms with Crippen LogP contribution in [0.25, 0.3) is 4.96 Å². The molecule has 5 nitrogen and oxygen atoms in total. The summed E-state index contributed by atoms with van der Waals surface area (Å²) in [6.45, 7) is 2.95. The lowest BCUT2D eigenvalue weighted by Gasteiger charge is -2.24. The smallest absolute Gasteiger partial charge is 0.193 e. The molecular weight excluding hydrogens is 248 g/mol. The Kier molecular flexibility index (Phi) is 3.34. The van der Waals surface area contributed by atoms with E-state index in [9.17, 15) is 0 Å². The Bertz CT molecular complexity index is 494. The van der Waals surface area contributed by atoms with Crippen LogP contribution in [-0.2, 0) is 11.2 Å². The topological polar surface area (TPSA) is 64.6 Å². The van der Waals surface area contributed by atoms with Gasteiger partial charge in [-0.1, -0.05) is 0 Å². The van der Waals surface area contributed by atoms with Crippen LogP contribution in [-0.4, -0.2) is 28.1 Å². The number of ether oxygens (including phenoxy) is 1. The van der Waals surface area contributed by atoms with Crippen molar-refractivity contribution in [3.63, 3.8) is 0 Å². The predicted octanol–water partition coefficient (Wildman–Crippen LogP) is 1.20. The standard InChI is InChI=1S/C12H18N4OS/c1-8-10(2-4-17-8)11(15-13)6-9-7-16-3-5-18-12(16)14-9/h3,5,7-8,10-11,15H,2,4,6,13H2,1H3. The van der Waals surface area contributed by atoms with Crippen LogP contribution in [0.4, 0.5) is 0 Å². The van der Waals surface area contributed by atoms with Gasteiger partial charge in [0.05, 0.1) is 11.8 Å². The fourth-order valence-electron chi connectivity index (χ4n) is 2.71. The minimum absolute atomic E-state index is 0.229. The second-order valence-electron chi connectivity index (χ2n) is 4.83. The Balaban J connectivity index is 1.75. The number of nitrogens with two attached hydrogens (primary N) is 1. The largest absolute Gasteiger partial charge is 0.378 e. The fourth-order valence-corrected chi connectivity index (χ4v) is 3.43. The van der Waals surface area contributed by atoms with Crippen molar-refractivity contribution in [2.75, 3.05) is 6.61 Å². The van der Waals surface area contributed by atoms with E-state index in [0.29, 0.717) is 5.92 Å². The third-order valence-electron chi connectivity index (χ3n) is 3.74. The van der Waals surface area contributed by atoms with Crippen molar-refractivity contribution in [3.05, 3.63) is 23.5 Å². The highest BCUT2D eigenvalue weighted by Crippen LogP contribution is 2.25. The quantitative estimate of drug-likeness (QED) is 0.644. The second kappa shape index (κ2) is 4.97. The van der Waals surface area contributed by atoms with Crippen LogP contribution >= 0.6 is 11.3 Å². The maximum Gasteiger partial charge on any atom is 0.193 e. The van der Waals surface area contributed by atoms with Crippen molar-refractivity contribution in [1.29, 1.82) is 0 Å². The van der Waals surface area contributed by atoms with Crippen molar-refractivity contribution in [1.82, 2.24) is 14.8 Å². The zero-order chi connectivity index (χ0) is 12.5. The number of fused-ring (bicyclic) bond motifs is 1. The minimum atomic E-state index is 0.229. The molecule has 98 valence electrons. The average molecular weight is 266 g/mol. The molecular formula is C12H18N4OS. The van der Waals surface area contributed by atoms with Crippen LogP contribution in [0.1, 0.15) is 19.0 Å². The monoisotopic (exact) mass is 266 g/mol. The summed E-state index contributed by atoms with van der Waals surface area (Å²) in [5.41, 5.74) is 4.02. The number of hydrazine groups is 1. The fraction of sp³-hybridized carbons (Fsp3) is 0.583. The van der Waals surface area contributed by atoms with E-state index in [1.54, 1.807) is 11.3 Å². The van der Waals surface area contributed by atoms with E-state index in [1.165, 1.54) is 0 Å². The summed E-state index contributed by atoms with van der Waals surface area (Å²) in [5.74, 6) is 6.16. The Morgan fingerprint density at radius 3 is 3.28 bits per heavy atom. The van der Waals surface area contributed by atoms with E-state index < -0.39 is 0 Å².